The molecule has 0 spiro atoms. The van der Waals surface area contributed by atoms with Crippen LogP contribution in [-0.2, 0) is 6.54 Å². The quantitative estimate of drug-likeness (QED) is 0.846. The molecule has 2 aromatic rings. The smallest absolute Gasteiger partial charge is 0.150 e. The van der Waals surface area contributed by atoms with Crippen LogP contribution < -0.4 is 0 Å². The molecule has 2 aromatic heterocycles. The fourth-order valence-corrected chi connectivity index (χ4v) is 3.43. The minimum atomic E-state index is 0.659. The van der Waals surface area contributed by atoms with E-state index in [0.29, 0.717) is 6.04 Å². The number of imidazole rings is 1. The van der Waals surface area contributed by atoms with Gasteiger partial charge < -0.3 is 9.47 Å². The van der Waals surface area contributed by atoms with E-state index >= 15 is 0 Å². The van der Waals surface area contributed by atoms with Crippen molar-refractivity contribution in [1.29, 1.82) is 0 Å². The van der Waals surface area contributed by atoms with Gasteiger partial charge in [-0.25, -0.2) is 4.98 Å². The van der Waals surface area contributed by atoms with Gasteiger partial charge in [-0.05, 0) is 37.9 Å². The molecule has 3 heterocycles. The Morgan fingerprint density at radius 2 is 2.39 bits per heavy atom. The van der Waals surface area contributed by atoms with Crippen LogP contribution in [0.3, 0.4) is 0 Å². The van der Waals surface area contributed by atoms with Crippen LogP contribution in [-0.4, -0.2) is 34.1 Å². The molecular weight excluding hydrogens is 242 g/mol. The van der Waals surface area contributed by atoms with Crippen molar-refractivity contribution < 1.29 is 0 Å². The molecule has 1 aliphatic heterocycles. The predicted octanol–water partition coefficient (Wildman–Crippen LogP) is 3.10. The van der Waals surface area contributed by atoms with Gasteiger partial charge in [0.15, 0.2) is 0 Å². The lowest BCUT2D eigenvalue weighted by atomic mass is 10.0. The maximum Gasteiger partial charge on any atom is 0.150 e. The zero-order valence-electron chi connectivity index (χ0n) is 10.7. The SMILES string of the molecule is CN1CCCCC1Cn1ccnc1-c1cccs1. The first kappa shape index (κ1) is 11.9. The van der Waals surface area contributed by atoms with Crippen LogP contribution in [0.5, 0.6) is 0 Å². The average molecular weight is 261 g/mol. The zero-order valence-corrected chi connectivity index (χ0v) is 11.6. The van der Waals surface area contributed by atoms with Crippen molar-refractivity contribution in [3.63, 3.8) is 0 Å². The number of aromatic nitrogens is 2. The normalized spacial score (nSPS) is 21.3. The minimum absolute atomic E-state index is 0.659. The van der Waals surface area contributed by atoms with Gasteiger partial charge in [0.1, 0.15) is 5.82 Å². The Kier molecular flexibility index (Phi) is 3.48. The number of hydrogen-bond donors (Lipinski definition) is 0. The van der Waals surface area contributed by atoms with E-state index in [9.17, 15) is 0 Å². The summed E-state index contributed by atoms with van der Waals surface area (Å²) in [4.78, 5) is 8.25. The van der Waals surface area contributed by atoms with Gasteiger partial charge in [-0.15, -0.1) is 11.3 Å². The van der Waals surface area contributed by atoms with Gasteiger partial charge in [0.2, 0.25) is 0 Å². The van der Waals surface area contributed by atoms with E-state index < -0.39 is 0 Å². The zero-order chi connectivity index (χ0) is 12.4. The number of likely N-dealkylation sites (N-methyl/N-ethyl adjacent to an activating group) is 1. The van der Waals surface area contributed by atoms with Crippen LogP contribution in [0.4, 0.5) is 0 Å². The van der Waals surface area contributed by atoms with Gasteiger partial charge in [-0.3, -0.25) is 0 Å². The predicted molar refractivity (Wildman–Crippen MR) is 75.8 cm³/mol. The molecule has 0 N–H and O–H groups in total. The summed E-state index contributed by atoms with van der Waals surface area (Å²) in [5.74, 6) is 1.11. The highest BCUT2D eigenvalue weighted by molar-refractivity contribution is 7.13. The third-order valence-electron chi connectivity index (χ3n) is 3.79. The molecule has 0 aliphatic carbocycles. The van der Waals surface area contributed by atoms with Crippen molar-refractivity contribution >= 4 is 11.3 Å². The summed E-state index contributed by atoms with van der Waals surface area (Å²) < 4.78 is 2.30. The standard InChI is InChI=1S/C14H19N3S/c1-16-8-3-2-5-12(16)11-17-9-7-15-14(17)13-6-4-10-18-13/h4,6-7,9-10,12H,2-3,5,8,11H2,1H3. The maximum absolute atomic E-state index is 4.50. The molecule has 1 unspecified atom stereocenters. The lowest BCUT2D eigenvalue weighted by Crippen LogP contribution is -2.39. The highest BCUT2D eigenvalue weighted by Gasteiger charge is 2.20. The number of thiophene rings is 1. The Balaban J connectivity index is 1.79. The largest absolute Gasteiger partial charge is 0.329 e. The second-order valence-corrected chi connectivity index (χ2v) is 5.96. The molecule has 0 radical (unpaired) electrons. The van der Waals surface area contributed by atoms with Crippen molar-refractivity contribution in [2.24, 2.45) is 0 Å². The van der Waals surface area contributed by atoms with E-state index in [0.717, 1.165) is 12.4 Å². The van der Waals surface area contributed by atoms with Crippen LogP contribution in [0.15, 0.2) is 29.9 Å². The molecule has 0 aromatic carbocycles. The highest BCUT2D eigenvalue weighted by atomic mass is 32.1. The van der Waals surface area contributed by atoms with Gasteiger partial charge in [0, 0.05) is 25.0 Å². The summed E-state index contributed by atoms with van der Waals surface area (Å²) in [7, 11) is 2.24. The Morgan fingerprint density at radius 3 is 3.17 bits per heavy atom. The van der Waals surface area contributed by atoms with E-state index in [-0.39, 0.29) is 0 Å². The lowest BCUT2D eigenvalue weighted by molar-refractivity contribution is 0.168. The van der Waals surface area contributed by atoms with Crippen molar-refractivity contribution in [1.82, 2.24) is 14.5 Å². The Morgan fingerprint density at radius 1 is 1.44 bits per heavy atom. The average Bonchev–Trinajstić information content (AvgIpc) is 3.02. The number of piperidine rings is 1. The number of likely N-dealkylation sites (tertiary alicyclic amines) is 1. The van der Waals surface area contributed by atoms with Crippen LogP contribution in [0.25, 0.3) is 10.7 Å². The first-order chi connectivity index (χ1) is 8.84. The van der Waals surface area contributed by atoms with E-state index in [1.165, 1.54) is 30.7 Å². The molecule has 4 heteroatoms. The molecule has 1 saturated heterocycles. The van der Waals surface area contributed by atoms with Gasteiger partial charge in [-0.2, -0.15) is 0 Å². The molecule has 1 aliphatic rings. The third-order valence-corrected chi connectivity index (χ3v) is 4.65. The fourth-order valence-electron chi connectivity index (χ4n) is 2.69. The summed E-state index contributed by atoms with van der Waals surface area (Å²) >= 11 is 1.76. The van der Waals surface area contributed by atoms with Crippen molar-refractivity contribution in [3.8, 4) is 10.7 Å². The Hall–Kier alpha value is -1.13. The first-order valence-electron chi connectivity index (χ1n) is 6.60. The minimum Gasteiger partial charge on any atom is -0.329 e. The molecule has 0 amide bonds. The molecule has 1 fully saturated rings. The van der Waals surface area contributed by atoms with Gasteiger partial charge in [0.25, 0.3) is 0 Å². The number of hydrogen-bond acceptors (Lipinski definition) is 3. The summed E-state index contributed by atoms with van der Waals surface area (Å²) in [6, 6.07) is 4.89. The van der Waals surface area contributed by atoms with E-state index in [1.54, 1.807) is 11.3 Å². The lowest BCUT2D eigenvalue weighted by Gasteiger charge is -2.32. The van der Waals surface area contributed by atoms with Crippen LogP contribution in [0.1, 0.15) is 19.3 Å². The third kappa shape index (κ3) is 2.35. The second-order valence-electron chi connectivity index (χ2n) is 5.01. The summed E-state index contributed by atoms with van der Waals surface area (Å²) in [5.41, 5.74) is 0. The van der Waals surface area contributed by atoms with E-state index in [2.05, 4.69) is 45.2 Å². The second kappa shape index (κ2) is 5.24. The van der Waals surface area contributed by atoms with Gasteiger partial charge >= 0.3 is 0 Å². The van der Waals surface area contributed by atoms with Gasteiger partial charge in [-0.1, -0.05) is 12.5 Å². The molecule has 3 rings (SSSR count). The number of rotatable bonds is 3. The van der Waals surface area contributed by atoms with Crippen LogP contribution >= 0.6 is 11.3 Å². The van der Waals surface area contributed by atoms with Crippen molar-refractivity contribution in [2.45, 2.75) is 31.8 Å². The van der Waals surface area contributed by atoms with E-state index in [1.807, 2.05) is 6.20 Å². The van der Waals surface area contributed by atoms with Crippen LogP contribution in [0.2, 0.25) is 0 Å². The van der Waals surface area contributed by atoms with Crippen molar-refractivity contribution in [3.05, 3.63) is 29.9 Å². The summed E-state index contributed by atoms with van der Waals surface area (Å²) in [6.45, 7) is 2.29. The molecule has 1 atom stereocenters. The molecular formula is C14H19N3S. The molecule has 0 saturated carbocycles. The fraction of sp³-hybridized carbons (Fsp3) is 0.500. The molecule has 3 nitrogen and oxygen atoms in total. The summed E-state index contributed by atoms with van der Waals surface area (Å²) in [6.07, 6.45) is 8.03. The van der Waals surface area contributed by atoms with Gasteiger partial charge in [0.05, 0.1) is 4.88 Å². The summed E-state index contributed by atoms with van der Waals surface area (Å²) in [5, 5.41) is 2.11. The monoisotopic (exact) mass is 261 g/mol. The van der Waals surface area contributed by atoms with E-state index in [4.69, 9.17) is 0 Å². The molecule has 96 valence electrons. The van der Waals surface area contributed by atoms with Crippen molar-refractivity contribution in [2.75, 3.05) is 13.6 Å². The maximum atomic E-state index is 4.50. The Labute approximate surface area is 112 Å². The number of nitrogens with zero attached hydrogens (tertiary/aromatic N) is 3. The highest BCUT2D eigenvalue weighted by Crippen LogP contribution is 2.24. The topological polar surface area (TPSA) is 21.1 Å². The first-order valence-corrected chi connectivity index (χ1v) is 7.48. The molecule has 0 bridgehead atoms. The van der Waals surface area contributed by atoms with Crippen LogP contribution in [0, 0.1) is 0 Å². The molecule has 18 heavy (non-hydrogen) atoms. The Bertz CT molecular complexity index is 489.